The summed E-state index contributed by atoms with van der Waals surface area (Å²) in [5.74, 6) is -0.762. The van der Waals surface area contributed by atoms with E-state index < -0.39 is 24.1 Å². The van der Waals surface area contributed by atoms with Gasteiger partial charge in [-0.25, -0.2) is 0 Å². The summed E-state index contributed by atoms with van der Waals surface area (Å²) in [4.78, 5) is 23.1. The predicted molar refractivity (Wildman–Crippen MR) is 75.4 cm³/mol. The van der Waals surface area contributed by atoms with Crippen molar-refractivity contribution in [2.24, 2.45) is 5.92 Å². The highest BCUT2D eigenvalue weighted by atomic mass is 16.6. The fourth-order valence-electron chi connectivity index (χ4n) is 2.14. The maximum atomic E-state index is 12.2. The average Bonchev–Trinajstić information content (AvgIpc) is 2.46. The first-order chi connectivity index (χ1) is 10.0. The molecule has 1 aromatic carbocycles. The molecule has 1 aromatic rings. The van der Waals surface area contributed by atoms with Crippen molar-refractivity contribution < 1.29 is 24.2 Å². The van der Waals surface area contributed by atoms with Crippen molar-refractivity contribution in [1.29, 1.82) is 0 Å². The van der Waals surface area contributed by atoms with Crippen LogP contribution in [0.25, 0.3) is 0 Å². The van der Waals surface area contributed by atoms with E-state index in [0.717, 1.165) is 0 Å². The van der Waals surface area contributed by atoms with Gasteiger partial charge in [0.15, 0.2) is 11.5 Å². The minimum atomic E-state index is -0.919. The molecule has 1 amide bonds. The van der Waals surface area contributed by atoms with E-state index in [-0.39, 0.29) is 12.5 Å². The van der Waals surface area contributed by atoms with Gasteiger partial charge in [-0.15, -0.1) is 0 Å². The first kappa shape index (κ1) is 15.2. The third kappa shape index (κ3) is 3.45. The molecular formula is C15H19NO5. The largest absolute Gasteiger partial charge is 0.482 e. The van der Waals surface area contributed by atoms with Crippen LogP contribution in [0.15, 0.2) is 24.3 Å². The van der Waals surface area contributed by atoms with Crippen molar-refractivity contribution in [3.63, 3.8) is 0 Å². The Morgan fingerprint density at radius 1 is 1.29 bits per heavy atom. The molecule has 0 aliphatic carbocycles. The molecule has 21 heavy (non-hydrogen) atoms. The van der Waals surface area contributed by atoms with Gasteiger partial charge < -0.3 is 19.9 Å². The number of carbonyl (C=O) groups excluding carboxylic acids is 1. The summed E-state index contributed by atoms with van der Waals surface area (Å²) in [6.45, 7) is 3.59. The average molecular weight is 293 g/mol. The number of carbonyl (C=O) groups is 2. The van der Waals surface area contributed by atoms with Crippen LogP contribution in [-0.2, 0) is 9.59 Å². The molecule has 0 aromatic heterocycles. The van der Waals surface area contributed by atoms with Crippen molar-refractivity contribution in [2.75, 3.05) is 6.54 Å². The van der Waals surface area contributed by atoms with Gasteiger partial charge in [0.05, 0.1) is 5.92 Å². The fraction of sp³-hybridized carbons (Fsp3) is 0.467. The smallest absolute Gasteiger partial charge is 0.308 e. The Balaban J connectivity index is 1.99. The zero-order chi connectivity index (χ0) is 15.4. The molecule has 2 rings (SSSR count). The lowest BCUT2D eigenvalue weighted by Crippen LogP contribution is -2.50. The van der Waals surface area contributed by atoms with E-state index in [2.05, 4.69) is 5.32 Å². The predicted octanol–water partition coefficient (Wildman–Crippen LogP) is 1.44. The Bertz CT molecular complexity index is 531. The van der Waals surface area contributed by atoms with Gasteiger partial charge in [0.25, 0.3) is 5.91 Å². The summed E-state index contributed by atoms with van der Waals surface area (Å²) in [6.07, 6.45) is -0.772. The van der Waals surface area contributed by atoms with Gasteiger partial charge in [0, 0.05) is 6.54 Å². The number of ether oxygens (including phenoxy) is 2. The highest BCUT2D eigenvalue weighted by molar-refractivity contribution is 5.83. The molecule has 3 atom stereocenters. The van der Waals surface area contributed by atoms with Crippen LogP contribution in [-0.4, -0.2) is 35.7 Å². The van der Waals surface area contributed by atoms with Crippen molar-refractivity contribution in [3.8, 4) is 11.5 Å². The second-order valence-corrected chi connectivity index (χ2v) is 5.00. The molecule has 2 N–H and O–H groups in total. The summed E-state index contributed by atoms with van der Waals surface area (Å²) in [5.41, 5.74) is 0. The fourth-order valence-corrected chi connectivity index (χ4v) is 2.14. The van der Waals surface area contributed by atoms with Crippen LogP contribution in [0.2, 0.25) is 0 Å². The number of amides is 1. The highest BCUT2D eigenvalue weighted by Gasteiger charge is 2.34. The van der Waals surface area contributed by atoms with Gasteiger partial charge in [-0.1, -0.05) is 19.1 Å². The number of rotatable bonds is 5. The number of nitrogens with one attached hydrogen (secondary N) is 1. The Morgan fingerprint density at radius 3 is 2.48 bits per heavy atom. The first-order valence-electron chi connectivity index (χ1n) is 6.95. The molecule has 0 fully saturated rings. The van der Waals surface area contributed by atoms with Crippen LogP contribution in [0, 0.1) is 5.92 Å². The van der Waals surface area contributed by atoms with E-state index in [4.69, 9.17) is 14.6 Å². The lowest BCUT2D eigenvalue weighted by molar-refractivity contribution is -0.142. The topological polar surface area (TPSA) is 84.9 Å². The lowest BCUT2D eigenvalue weighted by atomic mass is 10.1. The van der Waals surface area contributed by atoms with Crippen molar-refractivity contribution in [3.05, 3.63) is 24.3 Å². The number of carboxylic acids is 1. The van der Waals surface area contributed by atoms with E-state index in [1.807, 2.05) is 6.07 Å². The van der Waals surface area contributed by atoms with Crippen molar-refractivity contribution in [1.82, 2.24) is 5.32 Å². The Hall–Kier alpha value is -2.24. The molecule has 0 radical (unpaired) electrons. The highest BCUT2D eigenvalue weighted by Crippen LogP contribution is 2.33. The normalized spacial score (nSPS) is 21.4. The molecule has 3 unspecified atom stereocenters. The molecule has 6 nitrogen and oxygen atoms in total. The molecule has 0 spiro atoms. The quantitative estimate of drug-likeness (QED) is 0.858. The van der Waals surface area contributed by atoms with E-state index in [1.54, 1.807) is 32.0 Å². The molecule has 1 aliphatic rings. The van der Waals surface area contributed by atoms with Crippen LogP contribution in [0.5, 0.6) is 11.5 Å². The van der Waals surface area contributed by atoms with Crippen LogP contribution in [0.4, 0.5) is 0 Å². The molecule has 1 aliphatic heterocycles. The second-order valence-electron chi connectivity index (χ2n) is 5.00. The number of para-hydroxylation sites is 2. The minimum Gasteiger partial charge on any atom is -0.482 e. The third-order valence-electron chi connectivity index (χ3n) is 3.47. The van der Waals surface area contributed by atoms with Crippen molar-refractivity contribution in [2.45, 2.75) is 32.5 Å². The molecule has 0 saturated carbocycles. The number of hydrogen-bond acceptors (Lipinski definition) is 4. The summed E-state index contributed by atoms with van der Waals surface area (Å²) < 4.78 is 11.3. The Morgan fingerprint density at radius 2 is 1.90 bits per heavy atom. The van der Waals surface area contributed by atoms with Gasteiger partial charge >= 0.3 is 5.97 Å². The maximum Gasteiger partial charge on any atom is 0.308 e. The molecule has 114 valence electrons. The Kier molecular flexibility index (Phi) is 4.67. The summed E-state index contributed by atoms with van der Waals surface area (Å²) in [5, 5.41) is 11.6. The minimum absolute atomic E-state index is 0.0822. The Labute approximate surface area is 123 Å². The van der Waals surface area contributed by atoms with Crippen LogP contribution >= 0.6 is 0 Å². The summed E-state index contributed by atoms with van der Waals surface area (Å²) in [6, 6.07) is 7.13. The van der Waals surface area contributed by atoms with E-state index in [9.17, 15) is 9.59 Å². The molecule has 1 heterocycles. The maximum absolute atomic E-state index is 12.2. The number of hydrogen-bond donors (Lipinski definition) is 2. The van der Waals surface area contributed by atoms with Crippen LogP contribution in [0.3, 0.4) is 0 Å². The summed E-state index contributed by atoms with van der Waals surface area (Å²) in [7, 11) is 0. The molecule has 0 saturated heterocycles. The monoisotopic (exact) mass is 293 g/mol. The van der Waals surface area contributed by atoms with Gasteiger partial charge in [0.2, 0.25) is 6.10 Å². The van der Waals surface area contributed by atoms with E-state index in [0.29, 0.717) is 17.9 Å². The number of benzene rings is 1. The number of carboxylic acid groups (broad SMARTS) is 1. The zero-order valence-corrected chi connectivity index (χ0v) is 12.0. The van der Waals surface area contributed by atoms with Crippen LogP contribution in [0.1, 0.15) is 20.3 Å². The van der Waals surface area contributed by atoms with E-state index in [1.165, 1.54) is 0 Å². The molecule has 6 heteroatoms. The SMILES string of the molecule is CCC(CNC(=O)C1Oc2ccccc2OC1C)C(=O)O. The first-order valence-corrected chi connectivity index (χ1v) is 6.95. The van der Waals surface area contributed by atoms with E-state index >= 15 is 0 Å². The van der Waals surface area contributed by atoms with Gasteiger partial charge in [-0.2, -0.15) is 0 Å². The zero-order valence-electron chi connectivity index (χ0n) is 12.0. The number of fused-ring (bicyclic) bond motifs is 1. The van der Waals surface area contributed by atoms with Crippen LogP contribution < -0.4 is 14.8 Å². The standard InChI is InChI=1S/C15H19NO5/c1-3-10(15(18)19)8-16-14(17)13-9(2)20-11-6-4-5-7-12(11)21-13/h4-7,9-10,13H,3,8H2,1-2H3,(H,16,17)(H,18,19). The molecular weight excluding hydrogens is 274 g/mol. The van der Waals surface area contributed by atoms with Crippen molar-refractivity contribution >= 4 is 11.9 Å². The third-order valence-corrected chi connectivity index (χ3v) is 3.47. The van der Waals surface area contributed by atoms with Gasteiger partial charge in [-0.3, -0.25) is 9.59 Å². The number of aliphatic carboxylic acids is 1. The van der Waals surface area contributed by atoms with Gasteiger partial charge in [-0.05, 0) is 25.5 Å². The second kappa shape index (κ2) is 6.47. The lowest BCUT2D eigenvalue weighted by Gasteiger charge is -2.31. The summed E-state index contributed by atoms with van der Waals surface area (Å²) >= 11 is 0. The van der Waals surface area contributed by atoms with Gasteiger partial charge in [0.1, 0.15) is 6.10 Å². The molecule has 0 bridgehead atoms.